The van der Waals surface area contributed by atoms with E-state index in [2.05, 4.69) is 15.5 Å². The number of aromatic nitrogens is 2. The van der Waals surface area contributed by atoms with Gasteiger partial charge in [-0.15, -0.1) is 11.6 Å². The fourth-order valence-corrected chi connectivity index (χ4v) is 4.37. The number of rotatable bonds is 3. The molecule has 3 nitrogen and oxygen atoms in total. The second kappa shape index (κ2) is 5.45. The number of halogens is 2. The Morgan fingerprint density at radius 1 is 1.24 bits per heavy atom. The minimum absolute atomic E-state index is 0.522. The van der Waals surface area contributed by atoms with E-state index >= 15 is 0 Å². The molecule has 1 unspecified atom stereocenters. The highest BCUT2D eigenvalue weighted by atomic mass is 35.5. The van der Waals surface area contributed by atoms with Crippen LogP contribution in [0.4, 0.5) is 0 Å². The second-order valence-corrected chi connectivity index (χ2v) is 6.94. The summed E-state index contributed by atoms with van der Waals surface area (Å²) in [6.07, 6.45) is 3.40. The molecule has 3 aliphatic heterocycles. The maximum absolute atomic E-state index is 6.34. The fraction of sp³-hybridized carbons (Fsp3) is 0.562. The van der Waals surface area contributed by atoms with Crippen LogP contribution in [-0.2, 0) is 6.42 Å². The highest BCUT2D eigenvalue weighted by Crippen LogP contribution is 2.39. The van der Waals surface area contributed by atoms with Crippen molar-refractivity contribution < 1.29 is 0 Å². The highest BCUT2D eigenvalue weighted by molar-refractivity contribution is 6.34. The maximum atomic E-state index is 6.34. The SMILES string of the molecule is ClCCc1nc2c(Cl)cccc2n1C1CN2CCC1CC2. The molecule has 0 radical (unpaired) electrons. The standard InChI is InChI=1S/C16H19Cl2N3/c17-7-4-15-19-16-12(18)2-1-3-13(16)21(15)14-10-20-8-5-11(14)6-9-20/h1-3,11,14H,4-10H2. The molecule has 0 saturated carbocycles. The summed E-state index contributed by atoms with van der Waals surface area (Å²) < 4.78 is 2.43. The van der Waals surface area contributed by atoms with Crippen LogP contribution < -0.4 is 0 Å². The second-order valence-electron chi connectivity index (χ2n) is 6.15. The van der Waals surface area contributed by atoms with Gasteiger partial charge in [0.25, 0.3) is 0 Å². The molecule has 5 rings (SSSR count). The van der Waals surface area contributed by atoms with Crippen molar-refractivity contribution in [2.45, 2.75) is 25.3 Å². The van der Waals surface area contributed by atoms with Crippen LogP contribution in [0.15, 0.2) is 18.2 Å². The van der Waals surface area contributed by atoms with Gasteiger partial charge in [-0.05, 0) is 44.0 Å². The first-order valence-corrected chi connectivity index (χ1v) is 8.63. The number of para-hydroxylation sites is 1. The molecule has 3 saturated heterocycles. The van der Waals surface area contributed by atoms with E-state index in [1.165, 1.54) is 31.4 Å². The molecule has 1 atom stereocenters. The molecule has 3 fully saturated rings. The van der Waals surface area contributed by atoms with Crippen LogP contribution in [0, 0.1) is 5.92 Å². The van der Waals surface area contributed by atoms with Gasteiger partial charge in [-0.3, -0.25) is 0 Å². The van der Waals surface area contributed by atoms with Crippen molar-refractivity contribution in [1.82, 2.24) is 14.5 Å². The topological polar surface area (TPSA) is 21.1 Å². The van der Waals surface area contributed by atoms with E-state index in [1.807, 2.05) is 12.1 Å². The summed E-state index contributed by atoms with van der Waals surface area (Å²) >= 11 is 12.3. The first kappa shape index (κ1) is 13.9. The molecule has 2 bridgehead atoms. The summed E-state index contributed by atoms with van der Waals surface area (Å²) in [5.74, 6) is 2.45. The average Bonchev–Trinajstić information content (AvgIpc) is 2.88. The van der Waals surface area contributed by atoms with Crippen LogP contribution >= 0.6 is 23.2 Å². The van der Waals surface area contributed by atoms with Gasteiger partial charge in [0.1, 0.15) is 11.3 Å². The van der Waals surface area contributed by atoms with Crippen LogP contribution in [-0.4, -0.2) is 40.0 Å². The lowest BCUT2D eigenvalue weighted by Gasteiger charge is -2.45. The van der Waals surface area contributed by atoms with Crippen molar-refractivity contribution in [3.63, 3.8) is 0 Å². The Hall–Kier alpha value is -0.770. The zero-order chi connectivity index (χ0) is 14.4. The Morgan fingerprint density at radius 3 is 2.71 bits per heavy atom. The van der Waals surface area contributed by atoms with Crippen LogP contribution in [0.5, 0.6) is 0 Å². The van der Waals surface area contributed by atoms with Crippen LogP contribution in [0.2, 0.25) is 5.02 Å². The summed E-state index contributed by atoms with van der Waals surface area (Å²) in [7, 11) is 0. The van der Waals surface area contributed by atoms with Crippen molar-refractivity contribution in [2.75, 3.05) is 25.5 Å². The molecule has 112 valence electrons. The van der Waals surface area contributed by atoms with E-state index in [4.69, 9.17) is 28.2 Å². The molecular formula is C16H19Cl2N3. The molecule has 21 heavy (non-hydrogen) atoms. The van der Waals surface area contributed by atoms with E-state index in [0.29, 0.717) is 11.9 Å². The Labute approximate surface area is 134 Å². The normalized spacial score (nSPS) is 28.4. The van der Waals surface area contributed by atoms with Gasteiger partial charge in [0.15, 0.2) is 0 Å². The average molecular weight is 324 g/mol. The lowest BCUT2D eigenvalue weighted by Crippen LogP contribution is -2.48. The molecule has 0 N–H and O–H groups in total. The zero-order valence-corrected chi connectivity index (χ0v) is 13.4. The van der Waals surface area contributed by atoms with Gasteiger partial charge >= 0.3 is 0 Å². The molecule has 4 heterocycles. The first-order valence-electron chi connectivity index (χ1n) is 7.71. The number of hydrogen-bond acceptors (Lipinski definition) is 2. The summed E-state index contributed by atoms with van der Waals surface area (Å²) in [4.78, 5) is 7.36. The predicted octanol–water partition coefficient (Wildman–Crippen LogP) is 3.74. The van der Waals surface area contributed by atoms with Crippen molar-refractivity contribution in [3.05, 3.63) is 29.0 Å². The Morgan fingerprint density at radius 2 is 2.05 bits per heavy atom. The Kier molecular flexibility index (Phi) is 3.60. The van der Waals surface area contributed by atoms with Crippen molar-refractivity contribution in [3.8, 4) is 0 Å². The van der Waals surface area contributed by atoms with Crippen LogP contribution in [0.3, 0.4) is 0 Å². The van der Waals surface area contributed by atoms with E-state index in [0.717, 1.165) is 35.2 Å². The number of hydrogen-bond donors (Lipinski definition) is 0. The molecule has 3 aliphatic rings. The maximum Gasteiger partial charge on any atom is 0.111 e. The predicted molar refractivity (Wildman–Crippen MR) is 87.4 cm³/mol. The van der Waals surface area contributed by atoms with Crippen LogP contribution in [0.1, 0.15) is 24.7 Å². The van der Waals surface area contributed by atoms with Gasteiger partial charge in [-0.1, -0.05) is 17.7 Å². The molecule has 1 aromatic carbocycles. The molecule has 5 heteroatoms. The number of nitrogens with zero attached hydrogens (tertiary/aromatic N) is 3. The van der Waals surface area contributed by atoms with Crippen molar-refractivity contribution >= 4 is 34.2 Å². The van der Waals surface area contributed by atoms with Gasteiger partial charge in [0, 0.05) is 18.8 Å². The quantitative estimate of drug-likeness (QED) is 0.802. The van der Waals surface area contributed by atoms with E-state index in [9.17, 15) is 0 Å². The molecule has 1 aromatic heterocycles. The molecular weight excluding hydrogens is 305 g/mol. The van der Waals surface area contributed by atoms with Gasteiger partial charge in [-0.2, -0.15) is 0 Å². The van der Waals surface area contributed by atoms with Gasteiger partial charge in [-0.25, -0.2) is 4.98 Å². The molecule has 2 aromatic rings. The minimum Gasteiger partial charge on any atom is -0.323 e. The molecule has 0 spiro atoms. The largest absolute Gasteiger partial charge is 0.323 e. The monoisotopic (exact) mass is 323 g/mol. The number of aryl methyl sites for hydroxylation is 1. The fourth-order valence-electron chi connectivity index (χ4n) is 3.99. The third-order valence-corrected chi connectivity index (χ3v) is 5.51. The number of piperidine rings is 3. The molecule has 0 aliphatic carbocycles. The van der Waals surface area contributed by atoms with Gasteiger partial charge in [0.05, 0.1) is 16.6 Å². The van der Waals surface area contributed by atoms with E-state index in [1.54, 1.807) is 0 Å². The van der Waals surface area contributed by atoms with Crippen LogP contribution in [0.25, 0.3) is 11.0 Å². The summed E-state index contributed by atoms with van der Waals surface area (Å²) in [6.45, 7) is 3.64. The number of benzene rings is 1. The lowest BCUT2D eigenvalue weighted by molar-refractivity contribution is 0.0576. The Balaban J connectivity index is 1.86. The van der Waals surface area contributed by atoms with Crippen molar-refractivity contribution in [2.24, 2.45) is 5.92 Å². The molecule has 0 amide bonds. The Bertz CT molecular complexity index is 659. The van der Waals surface area contributed by atoms with Gasteiger partial charge < -0.3 is 9.47 Å². The smallest absolute Gasteiger partial charge is 0.111 e. The summed E-state index contributed by atoms with van der Waals surface area (Å²) in [5.41, 5.74) is 2.09. The zero-order valence-electron chi connectivity index (χ0n) is 11.9. The number of alkyl halides is 1. The summed E-state index contributed by atoms with van der Waals surface area (Å²) in [5, 5.41) is 0.739. The number of fused-ring (bicyclic) bond motifs is 4. The third-order valence-electron chi connectivity index (χ3n) is 5.02. The lowest BCUT2D eigenvalue weighted by atomic mass is 9.83. The highest BCUT2D eigenvalue weighted by Gasteiger charge is 2.36. The minimum atomic E-state index is 0.522. The van der Waals surface area contributed by atoms with Gasteiger partial charge in [0.2, 0.25) is 0 Å². The number of imidazole rings is 1. The van der Waals surface area contributed by atoms with E-state index < -0.39 is 0 Å². The van der Waals surface area contributed by atoms with Crippen molar-refractivity contribution in [1.29, 1.82) is 0 Å². The first-order chi connectivity index (χ1) is 10.3. The third kappa shape index (κ3) is 2.26. The van der Waals surface area contributed by atoms with E-state index in [-0.39, 0.29) is 0 Å². The summed E-state index contributed by atoms with van der Waals surface area (Å²) in [6, 6.07) is 6.61.